The molecule has 1 amide bonds. The Bertz CT molecular complexity index is 578. The van der Waals surface area contributed by atoms with Crippen molar-refractivity contribution in [3.63, 3.8) is 0 Å². The van der Waals surface area contributed by atoms with Gasteiger partial charge in [0.05, 0.1) is 0 Å². The summed E-state index contributed by atoms with van der Waals surface area (Å²) in [5.41, 5.74) is 2.45. The maximum absolute atomic E-state index is 11.7. The number of alkyl halides is 1. The lowest BCUT2D eigenvalue weighted by Crippen LogP contribution is -2.27. The van der Waals surface area contributed by atoms with E-state index in [-0.39, 0.29) is 5.91 Å². The average Bonchev–Trinajstić information content (AvgIpc) is 2.92. The van der Waals surface area contributed by atoms with E-state index in [1.54, 1.807) is 0 Å². The molecule has 1 aliphatic rings. The zero-order valence-electron chi connectivity index (χ0n) is 10.0. The number of rotatable bonds is 3. The van der Waals surface area contributed by atoms with E-state index in [2.05, 4.69) is 45.2 Å². The lowest BCUT2D eigenvalue weighted by atomic mass is 10.1. The second-order valence-corrected chi connectivity index (χ2v) is 6.09. The van der Waals surface area contributed by atoms with Crippen LogP contribution < -0.4 is 0 Å². The molecule has 1 fully saturated rings. The summed E-state index contributed by atoms with van der Waals surface area (Å²) in [4.78, 5) is 17.1. The van der Waals surface area contributed by atoms with Crippen LogP contribution in [0.5, 0.6) is 0 Å². The van der Waals surface area contributed by atoms with Crippen LogP contribution in [0.2, 0.25) is 0 Å². The van der Waals surface area contributed by atoms with Crippen LogP contribution in [0.4, 0.5) is 0 Å². The molecule has 0 spiro atoms. The topological polar surface area (TPSA) is 36.1 Å². The molecule has 18 heavy (non-hydrogen) atoms. The second kappa shape index (κ2) is 4.76. The summed E-state index contributed by atoms with van der Waals surface area (Å²) in [7, 11) is 0. The van der Waals surface area contributed by atoms with Gasteiger partial charge in [-0.05, 0) is 35.6 Å². The van der Waals surface area contributed by atoms with Gasteiger partial charge in [0.25, 0.3) is 0 Å². The molecule has 1 unspecified atom stereocenters. The molecule has 1 aromatic heterocycles. The predicted octanol–water partition coefficient (Wildman–Crippen LogP) is 2.71. The minimum absolute atomic E-state index is 0.264. The number of likely N-dealkylation sites (tertiary alicyclic amines) is 1. The monoisotopic (exact) mass is 306 g/mol. The molecule has 3 rings (SSSR count). The maximum Gasteiger partial charge on any atom is 0.223 e. The Morgan fingerprint density at radius 3 is 3.06 bits per heavy atom. The largest absolute Gasteiger partial charge is 0.361 e. The van der Waals surface area contributed by atoms with Crippen molar-refractivity contribution in [3.05, 3.63) is 36.0 Å². The molecular formula is C14H15BrN2O. The molecule has 0 aliphatic carbocycles. The molecule has 1 N–H and O–H groups in total. The Morgan fingerprint density at radius 2 is 2.28 bits per heavy atom. The van der Waals surface area contributed by atoms with Crippen molar-refractivity contribution < 1.29 is 4.79 Å². The molecule has 1 aromatic carbocycles. The standard InChI is InChI=1S/C14H15BrN2O/c15-12-8-14(18)17(9-12)6-4-10-1-2-13-11(7-10)3-5-16-13/h1-3,5,7,12,16H,4,6,8-9H2. The Hall–Kier alpha value is -1.29. The summed E-state index contributed by atoms with van der Waals surface area (Å²) in [5, 5.41) is 1.23. The van der Waals surface area contributed by atoms with Crippen LogP contribution in [0.25, 0.3) is 10.9 Å². The van der Waals surface area contributed by atoms with Gasteiger partial charge in [-0.15, -0.1) is 0 Å². The van der Waals surface area contributed by atoms with Crippen molar-refractivity contribution in [1.29, 1.82) is 0 Å². The van der Waals surface area contributed by atoms with Gasteiger partial charge in [-0.3, -0.25) is 4.79 Å². The normalized spacial score (nSPS) is 19.9. The number of carbonyl (C=O) groups excluding carboxylic acids is 1. The quantitative estimate of drug-likeness (QED) is 0.870. The number of carbonyl (C=O) groups is 1. The van der Waals surface area contributed by atoms with Crippen molar-refractivity contribution in [2.45, 2.75) is 17.7 Å². The fourth-order valence-corrected chi connectivity index (χ4v) is 3.09. The molecular weight excluding hydrogens is 292 g/mol. The van der Waals surface area contributed by atoms with Crippen LogP contribution in [0.3, 0.4) is 0 Å². The van der Waals surface area contributed by atoms with Crippen molar-refractivity contribution in [2.75, 3.05) is 13.1 Å². The fourth-order valence-electron chi connectivity index (χ4n) is 2.46. The summed E-state index contributed by atoms with van der Waals surface area (Å²) in [6.45, 7) is 1.65. The predicted molar refractivity (Wildman–Crippen MR) is 75.9 cm³/mol. The molecule has 1 saturated heterocycles. The number of hydrogen-bond donors (Lipinski definition) is 1. The zero-order chi connectivity index (χ0) is 12.5. The van der Waals surface area contributed by atoms with Gasteiger partial charge < -0.3 is 9.88 Å². The van der Waals surface area contributed by atoms with Gasteiger partial charge >= 0.3 is 0 Å². The Balaban J connectivity index is 1.67. The molecule has 3 nitrogen and oxygen atoms in total. The molecule has 1 aliphatic heterocycles. The highest BCUT2D eigenvalue weighted by Gasteiger charge is 2.26. The lowest BCUT2D eigenvalue weighted by Gasteiger charge is -2.15. The molecule has 0 bridgehead atoms. The minimum atomic E-state index is 0.264. The Labute approximate surface area is 114 Å². The Kier molecular flexibility index (Phi) is 3.12. The maximum atomic E-state index is 11.7. The van der Waals surface area contributed by atoms with E-state index in [0.717, 1.165) is 25.0 Å². The van der Waals surface area contributed by atoms with E-state index in [9.17, 15) is 4.79 Å². The van der Waals surface area contributed by atoms with E-state index in [1.165, 1.54) is 10.9 Å². The van der Waals surface area contributed by atoms with Crippen LogP contribution in [-0.4, -0.2) is 33.7 Å². The first-order chi connectivity index (χ1) is 8.72. The van der Waals surface area contributed by atoms with Gasteiger partial charge in [0.2, 0.25) is 5.91 Å². The number of nitrogens with zero attached hydrogens (tertiary/aromatic N) is 1. The van der Waals surface area contributed by atoms with Gasteiger partial charge in [0, 0.05) is 36.1 Å². The van der Waals surface area contributed by atoms with Crippen LogP contribution >= 0.6 is 15.9 Å². The van der Waals surface area contributed by atoms with E-state index in [4.69, 9.17) is 0 Å². The van der Waals surface area contributed by atoms with Crippen LogP contribution in [0.15, 0.2) is 30.5 Å². The molecule has 2 heterocycles. The summed E-state index contributed by atoms with van der Waals surface area (Å²) < 4.78 is 0. The van der Waals surface area contributed by atoms with Crippen LogP contribution in [0.1, 0.15) is 12.0 Å². The molecule has 0 radical (unpaired) electrons. The van der Waals surface area contributed by atoms with Gasteiger partial charge in [-0.1, -0.05) is 22.0 Å². The number of nitrogens with one attached hydrogen (secondary N) is 1. The second-order valence-electron chi connectivity index (χ2n) is 4.79. The first-order valence-electron chi connectivity index (χ1n) is 6.20. The highest BCUT2D eigenvalue weighted by molar-refractivity contribution is 9.09. The fraction of sp³-hybridized carbons (Fsp3) is 0.357. The number of halogens is 1. The highest BCUT2D eigenvalue weighted by atomic mass is 79.9. The summed E-state index contributed by atoms with van der Waals surface area (Å²) in [6, 6.07) is 8.50. The molecule has 4 heteroatoms. The van der Waals surface area contributed by atoms with Gasteiger partial charge in [0.1, 0.15) is 0 Å². The number of hydrogen-bond acceptors (Lipinski definition) is 1. The van der Waals surface area contributed by atoms with E-state index < -0.39 is 0 Å². The van der Waals surface area contributed by atoms with Crippen molar-refractivity contribution in [2.24, 2.45) is 0 Å². The van der Waals surface area contributed by atoms with Gasteiger partial charge in [-0.2, -0.15) is 0 Å². The van der Waals surface area contributed by atoms with Crippen molar-refractivity contribution in [1.82, 2.24) is 9.88 Å². The summed E-state index contributed by atoms with van der Waals surface area (Å²) >= 11 is 3.51. The molecule has 1 atom stereocenters. The van der Waals surface area contributed by atoms with Gasteiger partial charge in [0.15, 0.2) is 0 Å². The number of H-pyrrole nitrogens is 1. The number of aromatic nitrogens is 1. The summed E-state index contributed by atoms with van der Waals surface area (Å²) in [6.07, 6.45) is 3.51. The van der Waals surface area contributed by atoms with Crippen LogP contribution in [0, 0.1) is 0 Å². The first kappa shape index (κ1) is 11.8. The van der Waals surface area contributed by atoms with Crippen LogP contribution in [-0.2, 0) is 11.2 Å². The molecule has 0 saturated carbocycles. The molecule has 2 aromatic rings. The molecule has 94 valence electrons. The first-order valence-corrected chi connectivity index (χ1v) is 7.12. The number of fused-ring (bicyclic) bond motifs is 1. The SMILES string of the molecule is O=C1CC(Br)CN1CCc1ccc2[nH]ccc2c1. The average molecular weight is 307 g/mol. The van der Waals surface area contributed by atoms with E-state index >= 15 is 0 Å². The number of benzene rings is 1. The van der Waals surface area contributed by atoms with Gasteiger partial charge in [-0.25, -0.2) is 0 Å². The van der Waals surface area contributed by atoms with E-state index in [1.807, 2.05) is 11.1 Å². The smallest absolute Gasteiger partial charge is 0.223 e. The lowest BCUT2D eigenvalue weighted by molar-refractivity contribution is -0.127. The number of amides is 1. The highest BCUT2D eigenvalue weighted by Crippen LogP contribution is 2.19. The third-order valence-corrected chi connectivity index (χ3v) is 4.07. The van der Waals surface area contributed by atoms with E-state index in [0.29, 0.717) is 11.2 Å². The minimum Gasteiger partial charge on any atom is -0.361 e. The number of aromatic amines is 1. The third kappa shape index (κ3) is 2.29. The summed E-state index contributed by atoms with van der Waals surface area (Å²) in [5.74, 6) is 0.264. The van der Waals surface area contributed by atoms with Crippen molar-refractivity contribution in [3.8, 4) is 0 Å². The third-order valence-electron chi connectivity index (χ3n) is 3.46. The zero-order valence-corrected chi connectivity index (χ0v) is 11.6. The van der Waals surface area contributed by atoms with Crippen molar-refractivity contribution >= 4 is 32.7 Å². The Morgan fingerprint density at radius 1 is 1.39 bits per heavy atom.